The van der Waals surface area contributed by atoms with Gasteiger partial charge in [-0.2, -0.15) is 0 Å². The van der Waals surface area contributed by atoms with Crippen LogP contribution in [0.1, 0.15) is 31.4 Å². The van der Waals surface area contributed by atoms with E-state index in [0.717, 1.165) is 18.4 Å². The first-order valence-electron chi connectivity index (χ1n) is 7.07. The number of amides is 1. The molecule has 114 valence electrons. The Bertz CT molecular complexity index is 518. The monoisotopic (exact) mass is 309 g/mol. The van der Waals surface area contributed by atoms with Gasteiger partial charge in [-0.1, -0.05) is 29.8 Å². The molecule has 4 nitrogen and oxygen atoms in total. The number of hydrogen-bond acceptors (Lipinski definition) is 3. The van der Waals surface area contributed by atoms with E-state index in [0.29, 0.717) is 24.0 Å². The van der Waals surface area contributed by atoms with Crippen molar-refractivity contribution < 1.29 is 14.3 Å². The van der Waals surface area contributed by atoms with E-state index in [9.17, 15) is 4.79 Å². The number of rotatable bonds is 6. The number of fused-ring (bicyclic) bond motifs is 1. The number of halogens is 1. The third-order valence-electron chi connectivity index (χ3n) is 3.40. The highest BCUT2D eigenvalue weighted by molar-refractivity contribution is 6.32. The molecule has 2 rings (SSSR count). The van der Waals surface area contributed by atoms with Gasteiger partial charge in [0.2, 0.25) is 5.91 Å². The molecule has 5 heteroatoms. The van der Waals surface area contributed by atoms with Crippen LogP contribution in [0.25, 0.3) is 0 Å². The minimum absolute atomic E-state index is 0.0922. The first-order chi connectivity index (χ1) is 10.1. The van der Waals surface area contributed by atoms with Gasteiger partial charge in [0.15, 0.2) is 0 Å². The first-order valence-corrected chi connectivity index (χ1v) is 7.45. The summed E-state index contributed by atoms with van der Waals surface area (Å²) in [5.74, 6) is 0.535. The lowest BCUT2D eigenvalue weighted by atomic mass is 10.0. The molecule has 2 atom stereocenters. The van der Waals surface area contributed by atoms with Crippen molar-refractivity contribution in [2.45, 2.75) is 31.9 Å². The molecular weight excluding hydrogens is 290 g/mol. The van der Waals surface area contributed by atoms with Crippen molar-refractivity contribution in [3.8, 4) is 5.75 Å². The van der Waals surface area contributed by atoms with Crippen LogP contribution >= 0.6 is 11.6 Å². The van der Waals surface area contributed by atoms with Gasteiger partial charge < -0.3 is 14.8 Å². The Hall–Kier alpha value is -1.52. The number of para-hydroxylation sites is 1. The maximum atomic E-state index is 12.2. The summed E-state index contributed by atoms with van der Waals surface area (Å²) < 4.78 is 11.0. The maximum absolute atomic E-state index is 12.2. The fraction of sp³-hybridized carbons (Fsp3) is 0.438. The Morgan fingerprint density at radius 1 is 1.67 bits per heavy atom. The Balaban J connectivity index is 1.99. The Labute approximate surface area is 130 Å². The molecule has 1 amide bonds. The predicted octanol–water partition coefficient (Wildman–Crippen LogP) is 3.26. The van der Waals surface area contributed by atoms with Gasteiger partial charge >= 0.3 is 0 Å². The highest BCUT2D eigenvalue weighted by Crippen LogP contribution is 2.37. The average Bonchev–Trinajstić information content (AvgIpc) is 2.48. The molecule has 1 aromatic carbocycles. The number of nitrogens with one attached hydrogen (secondary N) is 1. The normalized spacial score (nSPS) is 18.3. The van der Waals surface area contributed by atoms with Gasteiger partial charge in [0.25, 0.3) is 0 Å². The van der Waals surface area contributed by atoms with Crippen molar-refractivity contribution in [3.63, 3.8) is 0 Å². The second-order valence-electron chi connectivity index (χ2n) is 4.95. The van der Waals surface area contributed by atoms with Gasteiger partial charge in [0.1, 0.15) is 11.9 Å². The van der Waals surface area contributed by atoms with Crippen LogP contribution in [-0.4, -0.2) is 25.2 Å². The van der Waals surface area contributed by atoms with E-state index < -0.39 is 6.10 Å². The molecule has 0 radical (unpaired) electrons. The third-order valence-corrected chi connectivity index (χ3v) is 3.70. The van der Waals surface area contributed by atoms with E-state index in [2.05, 4.69) is 11.9 Å². The summed E-state index contributed by atoms with van der Waals surface area (Å²) in [6.07, 6.45) is 2.73. The van der Waals surface area contributed by atoms with Crippen molar-refractivity contribution in [3.05, 3.63) is 41.4 Å². The van der Waals surface area contributed by atoms with Crippen molar-refractivity contribution in [1.29, 1.82) is 0 Å². The summed E-state index contributed by atoms with van der Waals surface area (Å²) in [6, 6.07) is 5.48. The average molecular weight is 310 g/mol. The molecule has 0 aliphatic carbocycles. The molecule has 0 aromatic heterocycles. The topological polar surface area (TPSA) is 47.6 Å². The lowest BCUT2D eigenvalue weighted by molar-refractivity contribution is -0.132. The van der Waals surface area contributed by atoms with Gasteiger partial charge in [-0.15, -0.1) is 6.58 Å². The lowest BCUT2D eigenvalue weighted by Gasteiger charge is -2.28. The van der Waals surface area contributed by atoms with E-state index in [4.69, 9.17) is 21.1 Å². The molecular formula is C16H20ClNO3. The SMILES string of the molecule is C=CCCO[C@@H](C)C(=O)N[C@H]1CCOc2c(Cl)cccc21. The summed E-state index contributed by atoms with van der Waals surface area (Å²) in [5, 5.41) is 3.57. The zero-order valence-corrected chi connectivity index (χ0v) is 12.9. The van der Waals surface area contributed by atoms with Crippen LogP contribution in [0.3, 0.4) is 0 Å². The number of hydrogen-bond donors (Lipinski definition) is 1. The molecule has 0 fully saturated rings. The van der Waals surface area contributed by atoms with Crippen molar-refractivity contribution in [2.24, 2.45) is 0 Å². The van der Waals surface area contributed by atoms with Gasteiger partial charge in [0, 0.05) is 12.0 Å². The molecule has 0 saturated heterocycles. The molecule has 1 N–H and O–H groups in total. The predicted molar refractivity (Wildman–Crippen MR) is 82.7 cm³/mol. The third kappa shape index (κ3) is 3.99. The Morgan fingerprint density at radius 2 is 2.48 bits per heavy atom. The summed E-state index contributed by atoms with van der Waals surface area (Å²) in [4.78, 5) is 12.2. The highest BCUT2D eigenvalue weighted by atomic mass is 35.5. The molecule has 0 bridgehead atoms. The number of carbonyl (C=O) groups excluding carboxylic acids is 1. The summed E-state index contributed by atoms with van der Waals surface area (Å²) in [6.45, 7) is 6.40. The molecule has 1 heterocycles. The Kier molecular flexibility index (Phi) is 5.65. The zero-order chi connectivity index (χ0) is 15.2. The van der Waals surface area contributed by atoms with Gasteiger partial charge in [-0.05, 0) is 19.4 Å². The summed E-state index contributed by atoms with van der Waals surface area (Å²) >= 11 is 6.12. The highest BCUT2D eigenvalue weighted by Gasteiger charge is 2.26. The van der Waals surface area contributed by atoms with E-state index >= 15 is 0 Å². The van der Waals surface area contributed by atoms with Gasteiger partial charge in [0.05, 0.1) is 24.3 Å². The van der Waals surface area contributed by atoms with Crippen LogP contribution in [0.5, 0.6) is 5.75 Å². The smallest absolute Gasteiger partial charge is 0.249 e. The molecule has 1 aliphatic heterocycles. The van der Waals surface area contributed by atoms with Crippen LogP contribution in [0.2, 0.25) is 5.02 Å². The van der Waals surface area contributed by atoms with Crippen LogP contribution < -0.4 is 10.1 Å². The molecule has 0 unspecified atom stereocenters. The summed E-state index contributed by atoms with van der Waals surface area (Å²) in [5.41, 5.74) is 0.917. The van der Waals surface area contributed by atoms with Crippen molar-refractivity contribution >= 4 is 17.5 Å². The van der Waals surface area contributed by atoms with Crippen LogP contribution in [0.15, 0.2) is 30.9 Å². The minimum Gasteiger partial charge on any atom is -0.492 e. The number of ether oxygens (including phenoxy) is 2. The van der Waals surface area contributed by atoms with Crippen molar-refractivity contribution in [1.82, 2.24) is 5.32 Å². The second-order valence-corrected chi connectivity index (χ2v) is 5.35. The number of carbonyl (C=O) groups is 1. The van der Waals surface area contributed by atoms with E-state index in [1.165, 1.54) is 0 Å². The van der Waals surface area contributed by atoms with Crippen LogP contribution in [0.4, 0.5) is 0 Å². The largest absolute Gasteiger partial charge is 0.492 e. The lowest BCUT2D eigenvalue weighted by Crippen LogP contribution is -2.39. The molecule has 21 heavy (non-hydrogen) atoms. The fourth-order valence-corrected chi connectivity index (χ4v) is 2.47. The minimum atomic E-state index is -0.490. The van der Waals surface area contributed by atoms with Gasteiger partial charge in [-0.3, -0.25) is 4.79 Å². The van der Waals surface area contributed by atoms with E-state index in [1.807, 2.05) is 12.1 Å². The molecule has 0 spiro atoms. The van der Waals surface area contributed by atoms with Crippen LogP contribution in [0, 0.1) is 0 Å². The van der Waals surface area contributed by atoms with Gasteiger partial charge in [-0.25, -0.2) is 0 Å². The number of benzene rings is 1. The van der Waals surface area contributed by atoms with Crippen LogP contribution in [-0.2, 0) is 9.53 Å². The fourth-order valence-electron chi connectivity index (χ4n) is 2.23. The van der Waals surface area contributed by atoms with E-state index in [1.54, 1.807) is 19.1 Å². The first kappa shape index (κ1) is 15.9. The molecule has 1 aromatic rings. The zero-order valence-electron chi connectivity index (χ0n) is 12.1. The summed E-state index contributed by atoms with van der Waals surface area (Å²) in [7, 11) is 0. The maximum Gasteiger partial charge on any atom is 0.249 e. The van der Waals surface area contributed by atoms with Crippen molar-refractivity contribution in [2.75, 3.05) is 13.2 Å². The molecule has 1 aliphatic rings. The molecule has 0 saturated carbocycles. The standard InChI is InChI=1S/C16H20ClNO3/c1-3-4-9-20-11(2)16(19)18-14-8-10-21-15-12(14)6-5-7-13(15)17/h3,5-7,11,14H,1,4,8-10H2,2H3,(H,18,19)/t11-,14-/m0/s1. The Morgan fingerprint density at radius 3 is 3.24 bits per heavy atom. The van der Waals surface area contributed by atoms with E-state index in [-0.39, 0.29) is 11.9 Å². The quantitative estimate of drug-likeness (QED) is 0.648. The second kappa shape index (κ2) is 7.48.